The second kappa shape index (κ2) is 7.12. The van der Waals surface area contributed by atoms with Crippen LogP contribution in [0.15, 0.2) is 23.7 Å². The van der Waals surface area contributed by atoms with Gasteiger partial charge in [-0.25, -0.2) is 9.78 Å². The molecule has 2 aliphatic rings. The molecule has 1 saturated heterocycles. The monoisotopic (exact) mass is 358 g/mol. The standard InChI is InChI=1S/C19H22N2O3S/c22-18(21-9-3-5-13-4-1-2-6-16(13)21)11-24-19(23)14-7-8-15-17(10-14)25-12-20-15/h7-8,10,12-13,16H,1-6,9,11H2/t13-,16+/m1/s1. The van der Waals surface area contributed by atoms with Crippen LogP contribution in [0.25, 0.3) is 10.2 Å². The predicted molar refractivity (Wildman–Crippen MR) is 96.6 cm³/mol. The zero-order valence-corrected chi connectivity index (χ0v) is 15.0. The fraction of sp³-hybridized carbons (Fsp3) is 0.526. The summed E-state index contributed by atoms with van der Waals surface area (Å²) >= 11 is 1.48. The van der Waals surface area contributed by atoms with E-state index in [2.05, 4.69) is 4.98 Å². The number of fused-ring (bicyclic) bond motifs is 2. The van der Waals surface area contributed by atoms with Crippen LogP contribution in [0.2, 0.25) is 0 Å². The minimum atomic E-state index is -0.444. The molecule has 0 spiro atoms. The Balaban J connectivity index is 1.38. The van der Waals surface area contributed by atoms with Crippen molar-refractivity contribution >= 4 is 33.4 Å². The molecule has 0 N–H and O–H groups in total. The Kier molecular flexibility index (Phi) is 4.70. The molecule has 2 atom stereocenters. The van der Waals surface area contributed by atoms with Crippen molar-refractivity contribution in [1.29, 1.82) is 0 Å². The van der Waals surface area contributed by atoms with Crippen LogP contribution < -0.4 is 0 Å². The van der Waals surface area contributed by atoms with E-state index in [0.29, 0.717) is 17.5 Å². The molecule has 5 nitrogen and oxygen atoms in total. The van der Waals surface area contributed by atoms with Crippen LogP contribution in [-0.4, -0.2) is 41.0 Å². The highest BCUT2D eigenvalue weighted by Gasteiger charge is 2.35. The maximum absolute atomic E-state index is 12.6. The minimum absolute atomic E-state index is 0.0520. The zero-order valence-electron chi connectivity index (χ0n) is 14.1. The van der Waals surface area contributed by atoms with Crippen molar-refractivity contribution in [3.05, 3.63) is 29.3 Å². The number of ether oxygens (including phenoxy) is 1. The quantitative estimate of drug-likeness (QED) is 0.786. The van der Waals surface area contributed by atoms with E-state index in [0.717, 1.165) is 29.6 Å². The van der Waals surface area contributed by atoms with Gasteiger partial charge in [-0.05, 0) is 49.8 Å². The van der Waals surface area contributed by atoms with Gasteiger partial charge < -0.3 is 9.64 Å². The highest BCUT2D eigenvalue weighted by molar-refractivity contribution is 7.16. The molecular formula is C19H22N2O3S. The van der Waals surface area contributed by atoms with Gasteiger partial charge in [0, 0.05) is 12.6 Å². The Hall–Kier alpha value is -1.95. The average Bonchev–Trinajstić information content (AvgIpc) is 3.13. The smallest absolute Gasteiger partial charge is 0.338 e. The first kappa shape index (κ1) is 16.5. The van der Waals surface area contributed by atoms with Crippen LogP contribution in [0.3, 0.4) is 0 Å². The number of amides is 1. The van der Waals surface area contributed by atoms with E-state index in [9.17, 15) is 9.59 Å². The van der Waals surface area contributed by atoms with Crippen molar-refractivity contribution in [1.82, 2.24) is 9.88 Å². The number of likely N-dealkylation sites (tertiary alicyclic amines) is 1. The lowest BCUT2D eigenvalue weighted by Gasteiger charge is -2.44. The minimum Gasteiger partial charge on any atom is -0.452 e. The van der Waals surface area contributed by atoms with Crippen LogP contribution in [-0.2, 0) is 9.53 Å². The van der Waals surface area contributed by atoms with Crippen molar-refractivity contribution in [2.45, 2.75) is 44.6 Å². The molecule has 1 aromatic carbocycles. The van der Waals surface area contributed by atoms with E-state index in [4.69, 9.17) is 4.74 Å². The number of hydrogen-bond donors (Lipinski definition) is 0. The van der Waals surface area contributed by atoms with Gasteiger partial charge >= 0.3 is 5.97 Å². The number of nitrogens with zero attached hydrogens (tertiary/aromatic N) is 2. The van der Waals surface area contributed by atoms with E-state index in [1.165, 1.54) is 37.0 Å². The maximum Gasteiger partial charge on any atom is 0.338 e. The van der Waals surface area contributed by atoms with Crippen LogP contribution in [0.5, 0.6) is 0 Å². The van der Waals surface area contributed by atoms with E-state index >= 15 is 0 Å². The summed E-state index contributed by atoms with van der Waals surface area (Å²) in [7, 11) is 0. The molecule has 6 heteroatoms. The molecule has 0 bridgehead atoms. The normalized spacial score (nSPS) is 23.3. The number of aromatic nitrogens is 1. The highest BCUT2D eigenvalue weighted by atomic mass is 32.1. The molecular weight excluding hydrogens is 336 g/mol. The summed E-state index contributed by atoms with van der Waals surface area (Å²) < 4.78 is 6.25. The first-order valence-electron chi connectivity index (χ1n) is 9.02. The molecule has 25 heavy (non-hydrogen) atoms. The summed E-state index contributed by atoms with van der Waals surface area (Å²) in [6.07, 6.45) is 7.07. The molecule has 1 aliphatic carbocycles. The second-order valence-electron chi connectivity index (χ2n) is 6.95. The molecule has 2 aromatic rings. The largest absolute Gasteiger partial charge is 0.452 e. The Morgan fingerprint density at radius 3 is 2.96 bits per heavy atom. The van der Waals surface area contributed by atoms with Crippen molar-refractivity contribution in [3.8, 4) is 0 Å². The van der Waals surface area contributed by atoms with E-state index in [1.54, 1.807) is 17.6 Å². The number of piperidine rings is 1. The first-order chi connectivity index (χ1) is 12.2. The average molecular weight is 358 g/mol. The zero-order chi connectivity index (χ0) is 17.2. The highest BCUT2D eigenvalue weighted by Crippen LogP contribution is 2.35. The Morgan fingerprint density at radius 1 is 1.20 bits per heavy atom. The van der Waals surface area contributed by atoms with Crippen molar-refractivity contribution in [2.75, 3.05) is 13.2 Å². The Bertz CT molecular complexity index is 786. The summed E-state index contributed by atoms with van der Waals surface area (Å²) in [5.74, 6) is 0.139. The molecule has 1 aromatic heterocycles. The molecule has 1 aliphatic heterocycles. The number of hydrogen-bond acceptors (Lipinski definition) is 5. The van der Waals surface area contributed by atoms with Gasteiger partial charge in [-0.1, -0.05) is 12.8 Å². The van der Waals surface area contributed by atoms with Gasteiger partial charge in [0.25, 0.3) is 5.91 Å². The third-order valence-corrected chi connectivity index (χ3v) is 6.25. The van der Waals surface area contributed by atoms with Crippen molar-refractivity contribution in [2.24, 2.45) is 5.92 Å². The molecule has 2 fully saturated rings. The van der Waals surface area contributed by atoms with Gasteiger partial charge in [0.1, 0.15) is 0 Å². The lowest BCUT2D eigenvalue weighted by atomic mass is 9.78. The molecule has 1 saturated carbocycles. The van der Waals surface area contributed by atoms with Crippen molar-refractivity contribution in [3.63, 3.8) is 0 Å². The summed E-state index contributed by atoms with van der Waals surface area (Å²) in [6, 6.07) is 5.63. The summed E-state index contributed by atoms with van der Waals surface area (Å²) in [6.45, 7) is 0.632. The van der Waals surface area contributed by atoms with E-state index in [-0.39, 0.29) is 12.5 Å². The van der Waals surface area contributed by atoms with Gasteiger partial charge in [0.05, 0.1) is 21.3 Å². The number of thiazole rings is 1. The third-order valence-electron chi connectivity index (χ3n) is 5.46. The Labute approximate surface area is 151 Å². The first-order valence-corrected chi connectivity index (χ1v) is 9.90. The van der Waals surface area contributed by atoms with Crippen LogP contribution >= 0.6 is 11.3 Å². The van der Waals surface area contributed by atoms with Gasteiger partial charge in [-0.3, -0.25) is 4.79 Å². The third kappa shape index (κ3) is 3.40. The number of carbonyl (C=O) groups excluding carboxylic acids is 2. The fourth-order valence-electron chi connectivity index (χ4n) is 4.21. The Morgan fingerprint density at radius 2 is 2.04 bits per heavy atom. The molecule has 0 unspecified atom stereocenters. The van der Waals surface area contributed by atoms with E-state index < -0.39 is 5.97 Å². The number of carbonyl (C=O) groups is 2. The molecule has 132 valence electrons. The molecule has 4 rings (SSSR count). The van der Waals surface area contributed by atoms with Gasteiger partial charge in [-0.2, -0.15) is 0 Å². The van der Waals surface area contributed by atoms with Crippen LogP contribution in [0, 0.1) is 5.92 Å². The van der Waals surface area contributed by atoms with Gasteiger partial charge in [0.15, 0.2) is 6.61 Å². The fourth-order valence-corrected chi connectivity index (χ4v) is 4.93. The second-order valence-corrected chi connectivity index (χ2v) is 7.84. The maximum atomic E-state index is 12.6. The summed E-state index contributed by atoms with van der Waals surface area (Å²) in [4.78, 5) is 31.0. The SMILES string of the molecule is O=C(OCC(=O)N1CCC[C@H]2CCCC[C@@H]21)c1ccc2ncsc2c1. The van der Waals surface area contributed by atoms with Gasteiger partial charge in [0.2, 0.25) is 0 Å². The summed E-state index contributed by atoms with van der Waals surface area (Å²) in [5.41, 5.74) is 3.09. The molecule has 0 radical (unpaired) electrons. The van der Waals surface area contributed by atoms with E-state index in [1.807, 2.05) is 11.0 Å². The molecule has 2 heterocycles. The van der Waals surface area contributed by atoms with Crippen LogP contribution in [0.1, 0.15) is 48.9 Å². The summed E-state index contributed by atoms with van der Waals surface area (Å²) in [5, 5.41) is 0. The lowest BCUT2D eigenvalue weighted by Crippen LogP contribution is -2.50. The molecule has 1 amide bonds. The number of esters is 1. The topological polar surface area (TPSA) is 59.5 Å². The predicted octanol–water partition coefficient (Wildman–Crippen LogP) is 3.63. The number of rotatable bonds is 3. The number of benzene rings is 1. The van der Waals surface area contributed by atoms with Crippen molar-refractivity contribution < 1.29 is 14.3 Å². The van der Waals surface area contributed by atoms with Crippen LogP contribution in [0.4, 0.5) is 0 Å². The van der Waals surface area contributed by atoms with Gasteiger partial charge in [-0.15, -0.1) is 11.3 Å². The lowest BCUT2D eigenvalue weighted by molar-refractivity contribution is -0.140.